The third kappa shape index (κ3) is 8.18. The highest BCUT2D eigenvalue weighted by molar-refractivity contribution is 6.33. The molecule has 4 aromatic rings. The molecule has 5 rings (SSSR count). The Kier molecular flexibility index (Phi) is 9.99. The number of nitrogens with one attached hydrogen (secondary N) is 2. The Balaban J connectivity index is 0.000000517. The summed E-state index contributed by atoms with van der Waals surface area (Å²) in [7, 11) is 2.14. The Labute approximate surface area is 244 Å². The van der Waals surface area contributed by atoms with Crippen molar-refractivity contribution in [1.29, 1.82) is 0 Å². The van der Waals surface area contributed by atoms with Gasteiger partial charge in [0, 0.05) is 56.5 Å². The highest BCUT2D eigenvalue weighted by atomic mass is 35.5. The number of hydrogen-bond acceptors (Lipinski definition) is 7. The van der Waals surface area contributed by atoms with Crippen LogP contribution < -0.4 is 10.6 Å². The number of aliphatic carboxylic acids is 1. The topological polar surface area (TPSA) is 116 Å². The number of aromatic nitrogens is 3. The third-order valence-electron chi connectivity index (χ3n) is 6.50. The normalized spacial score (nSPS) is 14.2. The minimum Gasteiger partial charge on any atom is -0.475 e. The number of fused-ring (bicyclic) bond motifs is 1. The number of anilines is 2. The molecule has 0 unspecified atom stereocenters. The van der Waals surface area contributed by atoms with Crippen LogP contribution in [0.2, 0.25) is 5.02 Å². The minimum absolute atomic E-state index is 0.112. The van der Waals surface area contributed by atoms with E-state index in [1.807, 2.05) is 48.5 Å². The van der Waals surface area contributed by atoms with Gasteiger partial charge < -0.3 is 20.6 Å². The van der Waals surface area contributed by atoms with Gasteiger partial charge in [-0.05, 0) is 49.5 Å². The van der Waals surface area contributed by atoms with Crippen LogP contribution in [0.3, 0.4) is 0 Å². The molecule has 2 aromatic heterocycles. The Bertz CT molecular complexity index is 1520. The molecule has 0 bridgehead atoms. The quantitative estimate of drug-likeness (QED) is 0.284. The molecule has 1 aliphatic heterocycles. The Hall–Kier alpha value is -4.20. The Morgan fingerprint density at radius 2 is 1.74 bits per heavy atom. The zero-order chi connectivity index (χ0) is 30.3. The molecule has 222 valence electrons. The fraction of sp³-hybridized carbons (Fsp3) is 0.286. The molecule has 0 saturated carbocycles. The molecule has 0 atom stereocenters. The van der Waals surface area contributed by atoms with Gasteiger partial charge in [0.2, 0.25) is 0 Å². The molecule has 1 aliphatic rings. The minimum atomic E-state index is -5.08. The van der Waals surface area contributed by atoms with Crippen molar-refractivity contribution in [2.75, 3.05) is 51.6 Å². The average Bonchev–Trinajstić information content (AvgIpc) is 3.38. The molecule has 2 aromatic carbocycles. The number of carboxylic acid groups (broad SMARTS) is 1. The molecule has 10 nitrogen and oxygen atoms in total. The molecule has 14 heteroatoms. The van der Waals surface area contributed by atoms with Crippen LogP contribution >= 0.6 is 11.6 Å². The maximum atomic E-state index is 12.5. The van der Waals surface area contributed by atoms with Crippen LogP contribution in [0.5, 0.6) is 0 Å². The van der Waals surface area contributed by atoms with E-state index in [9.17, 15) is 18.0 Å². The van der Waals surface area contributed by atoms with E-state index in [-0.39, 0.29) is 5.91 Å². The van der Waals surface area contributed by atoms with Crippen molar-refractivity contribution < 1.29 is 27.9 Å². The third-order valence-corrected chi connectivity index (χ3v) is 6.83. The number of pyridine rings is 1. The lowest BCUT2D eigenvalue weighted by Crippen LogP contribution is -2.46. The molecule has 0 spiro atoms. The van der Waals surface area contributed by atoms with Crippen LogP contribution in [-0.2, 0) is 4.79 Å². The summed E-state index contributed by atoms with van der Waals surface area (Å²) >= 11 is 6.26. The summed E-state index contributed by atoms with van der Waals surface area (Å²) in [6, 6.07) is 17.2. The number of nitrogens with zero attached hydrogens (tertiary/aromatic N) is 5. The van der Waals surface area contributed by atoms with Crippen molar-refractivity contribution in [2.45, 2.75) is 6.18 Å². The highest BCUT2D eigenvalue weighted by Gasteiger charge is 2.38. The molecule has 0 aliphatic carbocycles. The molecular formula is C28H29ClF3N7O3. The van der Waals surface area contributed by atoms with E-state index in [2.05, 4.69) is 37.6 Å². The van der Waals surface area contributed by atoms with Gasteiger partial charge in [0.1, 0.15) is 0 Å². The number of para-hydroxylation sites is 1. The lowest BCUT2D eigenvalue weighted by molar-refractivity contribution is -0.192. The molecule has 3 heterocycles. The van der Waals surface area contributed by atoms with Gasteiger partial charge in [-0.15, -0.1) is 0 Å². The highest BCUT2D eigenvalue weighted by Crippen LogP contribution is 2.27. The molecular weight excluding hydrogens is 575 g/mol. The first-order chi connectivity index (χ1) is 20.0. The number of alkyl halides is 3. The number of piperazine rings is 1. The van der Waals surface area contributed by atoms with Crippen LogP contribution in [0.4, 0.5) is 24.5 Å². The summed E-state index contributed by atoms with van der Waals surface area (Å²) in [6.45, 7) is 5.70. The van der Waals surface area contributed by atoms with E-state index in [4.69, 9.17) is 21.5 Å². The predicted molar refractivity (Wildman–Crippen MR) is 154 cm³/mol. The second-order valence-electron chi connectivity index (χ2n) is 9.54. The maximum absolute atomic E-state index is 12.5. The van der Waals surface area contributed by atoms with Crippen LogP contribution in [0, 0.1) is 0 Å². The molecule has 0 radical (unpaired) electrons. The lowest BCUT2D eigenvalue weighted by Gasteiger charge is -2.32. The second-order valence-corrected chi connectivity index (χ2v) is 9.95. The van der Waals surface area contributed by atoms with Crippen molar-refractivity contribution in [1.82, 2.24) is 29.9 Å². The Morgan fingerprint density at radius 3 is 2.38 bits per heavy atom. The zero-order valence-corrected chi connectivity index (χ0v) is 23.4. The number of halogens is 4. The monoisotopic (exact) mass is 603 g/mol. The smallest absolute Gasteiger partial charge is 0.475 e. The standard InChI is InChI=1S/C26H28ClN7O.C2HF3O2/c1-32-12-14-33(15-13-32)11-10-28-26(35)19-6-9-25(29-17-19)34-24-8-7-21(16-20(24)18-30-34)31-23-5-3-2-4-22(23)27;3-2(4,5)1(6)7/h2-9,16-18,31H,10-15H2,1H3,(H,28,35);(H,6,7). The number of hydrogen-bond donors (Lipinski definition) is 3. The van der Waals surface area contributed by atoms with E-state index in [1.54, 1.807) is 23.1 Å². The lowest BCUT2D eigenvalue weighted by atomic mass is 10.2. The van der Waals surface area contributed by atoms with Gasteiger partial charge in [-0.3, -0.25) is 9.69 Å². The van der Waals surface area contributed by atoms with Gasteiger partial charge in [0.25, 0.3) is 5.91 Å². The van der Waals surface area contributed by atoms with Gasteiger partial charge in [-0.2, -0.15) is 18.3 Å². The number of likely N-dealkylation sites (N-methyl/N-ethyl adjacent to an activating group) is 1. The number of rotatable bonds is 7. The first-order valence-corrected chi connectivity index (χ1v) is 13.3. The van der Waals surface area contributed by atoms with Crippen molar-refractivity contribution in [3.05, 3.63) is 77.6 Å². The number of carbonyl (C=O) groups is 2. The maximum Gasteiger partial charge on any atom is 0.490 e. The predicted octanol–water partition coefficient (Wildman–Crippen LogP) is 4.43. The fourth-order valence-corrected chi connectivity index (χ4v) is 4.34. The van der Waals surface area contributed by atoms with E-state index in [0.717, 1.165) is 55.0 Å². The van der Waals surface area contributed by atoms with Crippen molar-refractivity contribution in [2.24, 2.45) is 0 Å². The van der Waals surface area contributed by atoms with E-state index in [0.29, 0.717) is 22.9 Å². The van der Waals surface area contributed by atoms with Gasteiger partial charge in [-0.1, -0.05) is 23.7 Å². The number of amides is 1. The second kappa shape index (κ2) is 13.6. The summed E-state index contributed by atoms with van der Waals surface area (Å²) in [5.74, 6) is -2.22. The van der Waals surface area contributed by atoms with Gasteiger partial charge >= 0.3 is 12.1 Å². The number of carbonyl (C=O) groups excluding carboxylic acids is 1. The van der Waals surface area contributed by atoms with E-state index >= 15 is 0 Å². The summed E-state index contributed by atoms with van der Waals surface area (Å²) in [6.07, 6.45) is -1.69. The van der Waals surface area contributed by atoms with Crippen LogP contribution in [0.15, 0.2) is 67.0 Å². The van der Waals surface area contributed by atoms with Crippen molar-refractivity contribution in [3.63, 3.8) is 0 Å². The Morgan fingerprint density at radius 1 is 1.02 bits per heavy atom. The summed E-state index contributed by atoms with van der Waals surface area (Å²) < 4.78 is 33.5. The van der Waals surface area contributed by atoms with E-state index < -0.39 is 12.1 Å². The summed E-state index contributed by atoms with van der Waals surface area (Å²) in [5, 5.41) is 19.6. The average molecular weight is 604 g/mol. The number of benzene rings is 2. The molecule has 42 heavy (non-hydrogen) atoms. The zero-order valence-electron chi connectivity index (χ0n) is 22.6. The van der Waals surface area contributed by atoms with Gasteiger partial charge in [-0.25, -0.2) is 14.5 Å². The van der Waals surface area contributed by atoms with E-state index in [1.165, 1.54) is 0 Å². The first kappa shape index (κ1) is 30.8. The molecule has 1 amide bonds. The molecule has 1 saturated heterocycles. The van der Waals surface area contributed by atoms with Gasteiger partial charge in [0.15, 0.2) is 5.82 Å². The van der Waals surface area contributed by atoms with Crippen LogP contribution in [0.25, 0.3) is 16.7 Å². The van der Waals surface area contributed by atoms with Crippen molar-refractivity contribution in [3.8, 4) is 5.82 Å². The molecule has 1 fully saturated rings. The van der Waals surface area contributed by atoms with Gasteiger partial charge in [0.05, 0.1) is 28.0 Å². The number of carboxylic acids is 1. The SMILES string of the molecule is CN1CCN(CCNC(=O)c2ccc(-n3ncc4cc(Nc5ccccc5Cl)ccc43)nc2)CC1.O=C(O)C(F)(F)F. The summed E-state index contributed by atoms with van der Waals surface area (Å²) in [5.41, 5.74) is 3.23. The summed E-state index contributed by atoms with van der Waals surface area (Å²) in [4.78, 5) is 30.6. The molecule has 3 N–H and O–H groups in total. The van der Waals surface area contributed by atoms with Crippen LogP contribution in [0.1, 0.15) is 10.4 Å². The fourth-order valence-electron chi connectivity index (χ4n) is 4.16. The largest absolute Gasteiger partial charge is 0.490 e. The first-order valence-electron chi connectivity index (χ1n) is 13.0. The van der Waals surface area contributed by atoms with Crippen LogP contribution in [-0.4, -0.2) is 94.0 Å². The van der Waals surface area contributed by atoms with Crippen molar-refractivity contribution >= 4 is 45.8 Å².